The van der Waals surface area contributed by atoms with Gasteiger partial charge in [-0.2, -0.15) is 9.40 Å². The van der Waals surface area contributed by atoms with Crippen molar-refractivity contribution in [3.63, 3.8) is 0 Å². The predicted octanol–water partition coefficient (Wildman–Crippen LogP) is 4.55. The van der Waals surface area contributed by atoms with Gasteiger partial charge < -0.3 is 15.3 Å². The normalized spacial score (nSPS) is 26.8. The number of H-pyrrole nitrogens is 1. The first-order chi connectivity index (χ1) is 19.3. The molecule has 2 N–H and O–H groups in total. The fraction of sp³-hybridized carbons (Fsp3) is 0.517. The number of pyridine rings is 1. The summed E-state index contributed by atoms with van der Waals surface area (Å²) in [5.74, 6) is 0.925. The molecule has 1 aromatic carbocycles. The molecule has 3 aromatic rings. The molecule has 2 fully saturated rings. The zero-order valence-corrected chi connectivity index (χ0v) is 23.8. The van der Waals surface area contributed by atoms with Gasteiger partial charge >= 0.3 is 0 Å². The van der Waals surface area contributed by atoms with E-state index in [9.17, 15) is 18.0 Å². The molecule has 0 spiro atoms. The number of anilines is 2. The summed E-state index contributed by atoms with van der Waals surface area (Å²) in [4.78, 5) is 32.1. The zero-order chi connectivity index (χ0) is 28.0. The van der Waals surface area contributed by atoms with Crippen molar-refractivity contribution in [2.45, 2.75) is 81.8 Å². The van der Waals surface area contributed by atoms with Crippen LogP contribution in [0.25, 0.3) is 10.9 Å². The van der Waals surface area contributed by atoms with E-state index in [0.717, 1.165) is 49.6 Å². The third-order valence-corrected chi connectivity index (χ3v) is 11.0. The lowest BCUT2D eigenvalue weighted by Gasteiger charge is -2.32. The van der Waals surface area contributed by atoms with Gasteiger partial charge in [0.05, 0.1) is 16.5 Å². The van der Waals surface area contributed by atoms with Crippen molar-refractivity contribution in [1.29, 1.82) is 0 Å². The Bertz CT molecular complexity index is 1630. The van der Waals surface area contributed by atoms with Crippen LogP contribution in [0.5, 0.6) is 0 Å². The standard InChI is InChI=1S/C29H36N6O4S/c1-18(36)19-7-10-23(11-8-19)34-17-21-15-22(9-12-26(21)40(34,38)39)32-28-27-25(13-14-31-29(27)37)35(33-28)24-6-4-3-5-20(24)16-30-2/h9,12-16,19-20,23-24H,3-8,10-11,17H2,1-2H3,(H,31,37)(H,32,33). The fourth-order valence-electron chi connectivity index (χ4n) is 6.89. The summed E-state index contributed by atoms with van der Waals surface area (Å²) >= 11 is 0. The minimum atomic E-state index is -3.60. The minimum absolute atomic E-state index is 0.0377. The van der Waals surface area contributed by atoms with Crippen LogP contribution in [0, 0.1) is 11.8 Å². The average Bonchev–Trinajstić information content (AvgIpc) is 3.44. The quantitative estimate of drug-likeness (QED) is 0.423. The molecule has 2 aliphatic carbocycles. The van der Waals surface area contributed by atoms with Gasteiger partial charge in [0.2, 0.25) is 10.0 Å². The second-order valence-corrected chi connectivity index (χ2v) is 13.3. The number of aliphatic imine (C=N–C) groups is 1. The van der Waals surface area contributed by atoms with Gasteiger partial charge in [0.1, 0.15) is 11.2 Å². The molecule has 6 rings (SSSR count). The van der Waals surface area contributed by atoms with Crippen LogP contribution in [-0.4, -0.2) is 52.6 Å². The molecule has 2 saturated carbocycles. The number of aromatic amines is 1. The highest BCUT2D eigenvalue weighted by Crippen LogP contribution is 2.40. The SMILES string of the molecule is CN=CC1CCCCC1n1nc(Nc2ccc3c(c2)CN(C2CCC(C(C)=O)CC2)S3(=O)=O)c2c(=O)[nH]ccc21. The van der Waals surface area contributed by atoms with Crippen molar-refractivity contribution in [2.75, 3.05) is 12.4 Å². The average molecular weight is 565 g/mol. The Labute approximate surface area is 233 Å². The molecule has 40 heavy (non-hydrogen) atoms. The number of sulfonamides is 1. The maximum atomic E-state index is 13.4. The number of benzene rings is 1. The zero-order valence-electron chi connectivity index (χ0n) is 23.0. The summed E-state index contributed by atoms with van der Waals surface area (Å²) in [6.45, 7) is 1.92. The van der Waals surface area contributed by atoms with Crippen molar-refractivity contribution in [3.05, 3.63) is 46.4 Å². The highest BCUT2D eigenvalue weighted by molar-refractivity contribution is 7.89. The highest BCUT2D eigenvalue weighted by atomic mass is 32.2. The Kier molecular flexibility index (Phi) is 7.12. The minimum Gasteiger partial charge on any atom is -0.338 e. The molecule has 3 aliphatic rings. The number of rotatable bonds is 6. The van der Waals surface area contributed by atoms with Gasteiger partial charge in [-0.15, -0.1) is 0 Å². The molecule has 11 heteroatoms. The molecule has 212 valence electrons. The summed E-state index contributed by atoms with van der Waals surface area (Å²) in [5.41, 5.74) is 1.95. The van der Waals surface area contributed by atoms with E-state index in [1.54, 1.807) is 36.6 Å². The maximum absolute atomic E-state index is 13.4. The Balaban J connectivity index is 1.30. The summed E-state index contributed by atoms with van der Waals surface area (Å²) < 4.78 is 30.4. The third kappa shape index (κ3) is 4.68. The van der Waals surface area contributed by atoms with Gasteiger partial charge in [0.15, 0.2) is 5.82 Å². The predicted molar refractivity (Wildman–Crippen MR) is 155 cm³/mol. The molecule has 0 amide bonds. The first-order valence-electron chi connectivity index (χ1n) is 14.2. The van der Waals surface area contributed by atoms with E-state index in [1.165, 1.54) is 0 Å². The molecule has 10 nitrogen and oxygen atoms in total. The van der Waals surface area contributed by atoms with E-state index in [0.29, 0.717) is 41.2 Å². The van der Waals surface area contributed by atoms with E-state index in [4.69, 9.17) is 5.10 Å². The summed E-state index contributed by atoms with van der Waals surface area (Å²) in [5, 5.41) is 8.71. The van der Waals surface area contributed by atoms with E-state index in [2.05, 4.69) is 15.3 Å². The molecule has 0 radical (unpaired) electrons. The Morgan fingerprint density at radius 1 is 1.12 bits per heavy atom. The summed E-state index contributed by atoms with van der Waals surface area (Å²) in [6.07, 6.45) is 10.7. The second-order valence-electron chi connectivity index (χ2n) is 11.4. The number of ketones is 1. The van der Waals surface area contributed by atoms with Crippen LogP contribution >= 0.6 is 0 Å². The number of Topliss-reactive ketones (excluding diaryl/α,β-unsaturated/α-hetero) is 1. The number of carbonyl (C=O) groups is 1. The van der Waals surface area contributed by atoms with Gasteiger partial charge in [0.25, 0.3) is 5.56 Å². The molecular weight excluding hydrogens is 528 g/mol. The number of aromatic nitrogens is 3. The van der Waals surface area contributed by atoms with E-state index in [1.807, 2.05) is 23.0 Å². The van der Waals surface area contributed by atoms with Gasteiger partial charge in [-0.25, -0.2) is 8.42 Å². The molecule has 2 atom stereocenters. The lowest BCUT2D eigenvalue weighted by Crippen LogP contribution is -2.39. The smallest absolute Gasteiger partial charge is 0.261 e. The Morgan fingerprint density at radius 2 is 1.90 bits per heavy atom. The number of nitrogens with one attached hydrogen (secondary N) is 2. The van der Waals surface area contributed by atoms with Crippen LogP contribution in [-0.2, 0) is 21.4 Å². The molecule has 0 saturated heterocycles. The number of fused-ring (bicyclic) bond motifs is 2. The number of carbonyl (C=O) groups excluding carboxylic acids is 1. The summed E-state index contributed by atoms with van der Waals surface area (Å²) in [7, 11) is -1.81. The Hall–Kier alpha value is -3.31. The Morgan fingerprint density at radius 3 is 2.65 bits per heavy atom. The molecule has 2 aromatic heterocycles. The topological polar surface area (TPSA) is 130 Å². The molecule has 2 unspecified atom stereocenters. The third-order valence-electron chi connectivity index (χ3n) is 8.98. The first kappa shape index (κ1) is 26.9. The van der Waals surface area contributed by atoms with Crippen LogP contribution in [0.1, 0.15) is 69.9 Å². The van der Waals surface area contributed by atoms with E-state index >= 15 is 0 Å². The van der Waals surface area contributed by atoms with Gasteiger partial charge in [-0.1, -0.05) is 12.8 Å². The molecule has 3 heterocycles. The fourth-order valence-corrected chi connectivity index (χ4v) is 8.75. The highest BCUT2D eigenvalue weighted by Gasteiger charge is 2.41. The van der Waals surface area contributed by atoms with Crippen LogP contribution in [0.15, 0.2) is 45.1 Å². The van der Waals surface area contributed by atoms with Crippen LogP contribution < -0.4 is 10.9 Å². The van der Waals surface area contributed by atoms with Crippen LogP contribution in [0.4, 0.5) is 11.5 Å². The lowest BCUT2D eigenvalue weighted by molar-refractivity contribution is -0.121. The van der Waals surface area contributed by atoms with Gasteiger partial charge in [-0.3, -0.25) is 14.3 Å². The first-order valence-corrected chi connectivity index (χ1v) is 15.7. The van der Waals surface area contributed by atoms with Crippen LogP contribution in [0.2, 0.25) is 0 Å². The second kappa shape index (κ2) is 10.6. The maximum Gasteiger partial charge on any atom is 0.261 e. The number of hydrogen-bond donors (Lipinski definition) is 2. The molecule has 1 aliphatic heterocycles. The van der Waals surface area contributed by atoms with Gasteiger partial charge in [-0.05, 0) is 75.3 Å². The number of hydrogen-bond acceptors (Lipinski definition) is 7. The van der Waals surface area contributed by atoms with Crippen molar-refractivity contribution >= 4 is 44.4 Å². The number of nitrogens with zero attached hydrogens (tertiary/aromatic N) is 4. The van der Waals surface area contributed by atoms with E-state index in [-0.39, 0.29) is 35.3 Å². The van der Waals surface area contributed by atoms with Crippen molar-refractivity contribution in [2.24, 2.45) is 16.8 Å². The molecular formula is C29H36N6O4S. The lowest BCUT2D eigenvalue weighted by atomic mass is 9.84. The van der Waals surface area contributed by atoms with E-state index < -0.39 is 10.0 Å². The van der Waals surface area contributed by atoms with Crippen LogP contribution in [0.3, 0.4) is 0 Å². The van der Waals surface area contributed by atoms with Crippen molar-refractivity contribution in [3.8, 4) is 0 Å². The van der Waals surface area contributed by atoms with Crippen molar-refractivity contribution < 1.29 is 13.2 Å². The monoisotopic (exact) mass is 564 g/mol. The summed E-state index contributed by atoms with van der Waals surface area (Å²) in [6, 6.07) is 7.13. The van der Waals surface area contributed by atoms with Crippen molar-refractivity contribution in [1.82, 2.24) is 19.1 Å². The molecule has 0 bridgehead atoms. The largest absolute Gasteiger partial charge is 0.338 e. The van der Waals surface area contributed by atoms with Gasteiger partial charge in [0, 0.05) is 49.6 Å².